The van der Waals surface area contributed by atoms with Crippen molar-refractivity contribution in [1.82, 2.24) is 5.06 Å². The summed E-state index contributed by atoms with van der Waals surface area (Å²) in [5.41, 5.74) is 0.941. The van der Waals surface area contributed by atoms with Crippen LogP contribution in [-0.2, 0) is 24.0 Å². The van der Waals surface area contributed by atoms with Crippen LogP contribution in [0.25, 0.3) is 0 Å². The van der Waals surface area contributed by atoms with Crippen molar-refractivity contribution in [1.29, 1.82) is 0 Å². The molecule has 4 rings (SSSR count). The van der Waals surface area contributed by atoms with Gasteiger partial charge in [-0.3, -0.25) is 19.2 Å². The highest BCUT2D eigenvalue weighted by Crippen LogP contribution is 2.52. The van der Waals surface area contributed by atoms with Gasteiger partial charge >= 0.3 is 5.97 Å². The van der Waals surface area contributed by atoms with Crippen molar-refractivity contribution in [2.75, 3.05) is 23.9 Å². The third-order valence-corrected chi connectivity index (χ3v) is 9.82. The summed E-state index contributed by atoms with van der Waals surface area (Å²) >= 11 is 5.94. The maximum atomic E-state index is 13.4. The molecule has 1 heterocycles. The number of carbonyl (C=O) groups is 5. The van der Waals surface area contributed by atoms with E-state index < -0.39 is 29.6 Å². The number of carbonyl (C=O) groups excluding carboxylic acids is 5. The molecule has 4 unspecified atom stereocenters. The predicted molar refractivity (Wildman–Crippen MR) is 148 cm³/mol. The SMILES string of the molecule is CC(=O)N(C)c1c(I)c(C(=O)ON2C(=O)C3C4C=CC(C4)C3C2=O)c(I)c(N(C)C(C)=O)c1I. The Morgan fingerprint density at radius 3 is 1.65 bits per heavy atom. The van der Waals surface area contributed by atoms with Crippen LogP contribution in [0.2, 0.25) is 0 Å². The molecule has 0 spiro atoms. The minimum Gasteiger partial charge on any atom is -0.325 e. The number of benzene rings is 1. The quantitative estimate of drug-likeness (QED) is 0.263. The summed E-state index contributed by atoms with van der Waals surface area (Å²) in [4.78, 5) is 72.0. The number of amides is 4. The molecular formula is C22H20I3N3O6. The van der Waals surface area contributed by atoms with E-state index in [1.165, 1.54) is 23.6 Å². The molecule has 9 nitrogen and oxygen atoms in total. The number of hydrogen-bond acceptors (Lipinski definition) is 6. The van der Waals surface area contributed by atoms with E-state index in [0.29, 0.717) is 27.1 Å². The zero-order valence-corrected chi connectivity index (χ0v) is 25.1. The molecule has 2 aliphatic carbocycles. The number of halogens is 3. The molecule has 4 amide bonds. The summed E-state index contributed by atoms with van der Waals surface area (Å²) < 4.78 is 1.43. The van der Waals surface area contributed by atoms with Gasteiger partial charge in [0, 0.05) is 27.9 Å². The number of imide groups is 1. The number of rotatable bonds is 4. The van der Waals surface area contributed by atoms with Gasteiger partial charge in [0.2, 0.25) is 11.8 Å². The van der Waals surface area contributed by atoms with E-state index >= 15 is 0 Å². The normalized spacial score (nSPS) is 24.5. The van der Waals surface area contributed by atoms with E-state index in [1.807, 2.05) is 79.9 Å². The van der Waals surface area contributed by atoms with Crippen molar-refractivity contribution in [2.24, 2.45) is 23.7 Å². The summed E-state index contributed by atoms with van der Waals surface area (Å²) in [6.07, 6.45) is 4.69. The molecule has 0 radical (unpaired) electrons. The first-order valence-corrected chi connectivity index (χ1v) is 13.6. The molecule has 3 aliphatic rings. The lowest BCUT2D eigenvalue weighted by atomic mass is 9.85. The molecule has 180 valence electrons. The van der Waals surface area contributed by atoms with E-state index in [9.17, 15) is 24.0 Å². The number of nitrogens with zero attached hydrogens (tertiary/aromatic N) is 3. The largest absolute Gasteiger partial charge is 0.366 e. The first-order chi connectivity index (χ1) is 15.9. The Hall–Kier alpha value is -1.30. The molecule has 1 aliphatic heterocycles. The van der Waals surface area contributed by atoms with E-state index in [1.54, 1.807) is 14.1 Å². The van der Waals surface area contributed by atoms with Gasteiger partial charge in [-0.05, 0) is 86.0 Å². The summed E-state index contributed by atoms with van der Waals surface area (Å²) in [7, 11) is 3.14. The monoisotopic (exact) mass is 803 g/mol. The van der Waals surface area contributed by atoms with E-state index in [2.05, 4.69) is 0 Å². The second kappa shape index (κ2) is 9.29. The molecule has 0 aromatic heterocycles. The summed E-state index contributed by atoms with van der Waals surface area (Å²) in [5.74, 6) is -3.46. The molecular weight excluding hydrogens is 783 g/mol. The van der Waals surface area contributed by atoms with Crippen molar-refractivity contribution < 1.29 is 28.8 Å². The van der Waals surface area contributed by atoms with Gasteiger partial charge in [-0.2, -0.15) is 0 Å². The third kappa shape index (κ3) is 3.87. The Morgan fingerprint density at radius 2 is 1.26 bits per heavy atom. The number of anilines is 2. The van der Waals surface area contributed by atoms with Crippen molar-refractivity contribution >= 4 is 109 Å². The number of allylic oxidation sites excluding steroid dienone is 2. The van der Waals surface area contributed by atoms with E-state index in [-0.39, 0.29) is 29.2 Å². The molecule has 4 atom stereocenters. The lowest BCUT2D eigenvalue weighted by molar-refractivity contribution is -0.175. The van der Waals surface area contributed by atoms with Crippen LogP contribution in [0.15, 0.2) is 12.2 Å². The Bertz CT molecular complexity index is 1120. The van der Waals surface area contributed by atoms with Crippen molar-refractivity contribution in [2.45, 2.75) is 20.3 Å². The lowest BCUT2D eigenvalue weighted by Crippen LogP contribution is -2.36. The topological polar surface area (TPSA) is 104 Å². The Kier molecular flexibility index (Phi) is 7.05. The minimum absolute atomic E-state index is 0.0136. The van der Waals surface area contributed by atoms with Crippen molar-refractivity contribution in [3.8, 4) is 0 Å². The van der Waals surface area contributed by atoms with E-state index in [4.69, 9.17) is 4.84 Å². The number of hydroxylamine groups is 2. The van der Waals surface area contributed by atoms with Gasteiger partial charge in [0.25, 0.3) is 11.8 Å². The lowest BCUT2D eigenvalue weighted by Gasteiger charge is -2.27. The highest BCUT2D eigenvalue weighted by atomic mass is 127. The van der Waals surface area contributed by atoms with Crippen LogP contribution >= 0.6 is 67.8 Å². The molecule has 34 heavy (non-hydrogen) atoms. The number of fused-ring (bicyclic) bond motifs is 5. The van der Waals surface area contributed by atoms with Crippen LogP contribution in [0.3, 0.4) is 0 Å². The average molecular weight is 803 g/mol. The smallest absolute Gasteiger partial charge is 0.325 e. The highest BCUT2D eigenvalue weighted by Gasteiger charge is 2.61. The molecule has 2 fully saturated rings. The molecule has 1 aromatic rings. The second-order valence-electron chi connectivity index (χ2n) is 8.52. The molecule has 1 aromatic carbocycles. The highest BCUT2D eigenvalue weighted by molar-refractivity contribution is 14.1. The van der Waals surface area contributed by atoms with Crippen LogP contribution in [0.1, 0.15) is 30.6 Å². The molecule has 1 saturated carbocycles. The fourth-order valence-corrected chi connectivity index (χ4v) is 9.87. The fraction of sp³-hybridized carbons (Fsp3) is 0.409. The van der Waals surface area contributed by atoms with Crippen LogP contribution in [0.5, 0.6) is 0 Å². The molecule has 1 saturated heterocycles. The third-order valence-electron chi connectivity index (χ3n) is 6.69. The van der Waals surface area contributed by atoms with Crippen LogP contribution < -0.4 is 9.80 Å². The van der Waals surface area contributed by atoms with Gasteiger partial charge in [0.15, 0.2) is 0 Å². The minimum atomic E-state index is -0.899. The Morgan fingerprint density at radius 1 is 0.853 bits per heavy atom. The maximum Gasteiger partial charge on any atom is 0.366 e. The van der Waals surface area contributed by atoms with Gasteiger partial charge in [0.1, 0.15) is 0 Å². The Balaban J connectivity index is 1.77. The van der Waals surface area contributed by atoms with Crippen LogP contribution in [0, 0.1) is 34.4 Å². The summed E-state index contributed by atoms with van der Waals surface area (Å²) in [5, 5.41) is 0.608. The van der Waals surface area contributed by atoms with Gasteiger partial charge in [-0.25, -0.2) is 4.79 Å². The molecule has 2 bridgehead atoms. The van der Waals surface area contributed by atoms with Crippen LogP contribution in [-0.4, -0.2) is 48.8 Å². The van der Waals surface area contributed by atoms with Crippen LogP contribution in [0.4, 0.5) is 11.4 Å². The zero-order valence-electron chi connectivity index (χ0n) is 18.6. The van der Waals surface area contributed by atoms with Gasteiger partial charge in [0.05, 0.1) is 39.5 Å². The standard InChI is InChI=1S/C22H20I3N3O6/c1-8(29)26(3)18-15(23)14(16(24)19(17(18)25)27(4)9(2)30)22(33)34-28-20(31)12-10-5-6-11(7-10)13(12)21(28)32/h5-6,10-13H,7H2,1-4H3. The molecule has 12 heteroatoms. The van der Waals surface area contributed by atoms with Gasteiger partial charge in [-0.15, -0.1) is 5.06 Å². The predicted octanol–water partition coefficient (Wildman–Crippen LogP) is 3.34. The summed E-state index contributed by atoms with van der Waals surface area (Å²) in [6.45, 7) is 2.78. The first-order valence-electron chi connectivity index (χ1n) is 10.4. The number of hydrogen-bond donors (Lipinski definition) is 0. The van der Waals surface area contributed by atoms with Gasteiger partial charge < -0.3 is 14.6 Å². The van der Waals surface area contributed by atoms with Crippen molar-refractivity contribution in [3.63, 3.8) is 0 Å². The zero-order chi connectivity index (χ0) is 25.2. The molecule has 0 N–H and O–H groups in total. The Labute approximate surface area is 237 Å². The maximum absolute atomic E-state index is 13.4. The van der Waals surface area contributed by atoms with Crippen molar-refractivity contribution in [3.05, 3.63) is 28.4 Å². The first kappa shape index (κ1) is 25.8. The fourth-order valence-electron chi connectivity index (χ4n) is 4.81. The van der Waals surface area contributed by atoms with E-state index in [0.717, 1.165) is 6.42 Å². The van der Waals surface area contributed by atoms with Gasteiger partial charge in [-0.1, -0.05) is 12.2 Å². The second-order valence-corrected chi connectivity index (χ2v) is 11.8. The summed E-state index contributed by atoms with van der Waals surface area (Å²) in [6, 6.07) is 0. The average Bonchev–Trinajstić information content (AvgIpc) is 3.43.